The minimum absolute atomic E-state index is 0.162. The highest BCUT2D eigenvalue weighted by Crippen LogP contribution is 2.25. The molecule has 3 fully saturated rings. The first-order valence-electron chi connectivity index (χ1n) is 10.6. The van der Waals surface area contributed by atoms with E-state index in [0.29, 0.717) is 11.9 Å². The Morgan fingerprint density at radius 3 is 2.52 bits per heavy atom. The van der Waals surface area contributed by atoms with Crippen molar-refractivity contribution in [3.05, 3.63) is 24.2 Å². The van der Waals surface area contributed by atoms with E-state index in [0.717, 1.165) is 90.1 Å². The molecule has 150 valence electrons. The highest BCUT2D eigenvalue weighted by Gasteiger charge is 2.33. The number of rotatable bonds is 4. The Morgan fingerprint density at radius 1 is 1.07 bits per heavy atom. The van der Waals surface area contributed by atoms with Crippen LogP contribution < -0.4 is 0 Å². The van der Waals surface area contributed by atoms with Gasteiger partial charge in [-0.25, -0.2) is 0 Å². The van der Waals surface area contributed by atoms with Crippen LogP contribution in [-0.2, 0) is 11.3 Å². The molecule has 1 aromatic rings. The van der Waals surface area contributed by atoms with Gasteiger partial charge in [0.15, 0.2) is 0 Å². The van der Waals surface area contributed by atoms with Crippen molar-refractivity contribution >= 4 is 5.91 Å². The van der Waals surface area contributed by atoms with Gasteiger partial charge in [0.25, 0.3) is 0 Å². The quantitative estimate of drug-likeness (QED) is 0.872. The van der Waals surface area contributed by atoms with Gasteiger partial charge in [-0.3, -0.25) is 14.6 Å². The summed E-state index contributed by atoms with van der Waals surface area (Å²) < 4.78 is 5.44. The van der Waals surface area contributed by atoms with Gasteiger partial charge in [-0.15, -0.1) is 0 Å². The number of carbonyl (C=O) groups excluding carboxylic acids is 1. The van der Waals surface area contributed by atoms with E-state index in [2.05, 4.69) is 14.7 Å². The average molecular weight is 376 g/mol. The van der Waals surface area contributed by atoms with Gasteiger partial charge < -0.3 is 14.4 Å². The van der Waals surface area contributed by atoms with Gasteiger partial charge in [0.1, 0.15) is 5.76 Å². The summed E-state index contributed by atoms with van der Waals surface area (Å²) in [6.45, 7) is 6.46. The molecule has 27 heavy (non-hydrogen) atoms. The van der Waals surface area contributed by atoms with Gasteiger partial charge >= 0.3 is 0 Å². The molecule has 0 aromatic carbocycles. The van der Waals surface area contributed by atoms with Crippen molar-refractivity contribution in [2.45, 2.75) is 57.2 Å². The molecule has 4 rings (SSSR count). The molecule has 4 heterocycles. The number of hydrogen-bond donors (Lipinski definition) is 1. The highest BCUT2D eigenvalue weighted by atomic mass is 16.3. The molecule has 6 heteroatoms. The average Bonchev–Trinajstić information content (AvgIpc) is 3.21. The topological polar surface area (TPSA) is 60.2 Å². The van der Waals surface area contributed by atoms with Crippen LogP contribution in [0.3, 0.4) is 0 Å². The van der Waals surface area contributed by atoms with E-state index in [9.17, 15) is 9.90 Å². The molecule has 3 aliphatic rings. The second-order valence-corrected chi connectivity index (χ2v) is 8.48. The van der Waals surface area contributed by atoms with Crippen LogP contribution in [0.1, 0.15) is 44.3 Å². The van der Waals surface area contributed by atoms with E-state index < -0.39 is 0 Å². The zero-order valence-electron chi connectivity index (χ0n) is 16.3. The molecule has 6 nitrogen and oxygen atoms in total. The van der Waals surface area contributed by atoms with E-state index >= 15 is 0 Å². The number of aliphatic hydroxyl groups excluding tert-OH is 1. The van der Waals surface area contributed by atoms with E-state index in [1.54, 1.807) is 6.26 Å². The molecule has 0 bridgehead atoms. The fraction of sp³-hybridized carbons (Fsp3) is 0.762. The number of aliphatic hydroxyl groups is 1. The highest BCUT2D eigenvalue weighted by molar-refractivity contribution is 5.79. The molecule has 0 saturated carbocycles. The number of likely N-dealkylation sites (tertiary alicyclic amines) is 3. The smallest absolute Gasteiger partial charge is 0.225 e. The minimum Gasteiger partial charge on any atom is -0.468 e. The summed E-state index contributed by atoms with van der Waals surface area (Å²) in [5.41, 5.74) is 0. The largest absolute Gasteiger partial charge is 0.468 e. The lowest BCUT2D eigenvalue weighted by Crippen LogP contribution is -2.52. The SMILES string of the molecule is O=C(C1CCN(Cc2ccco2)CC1)N1CCC(N2CCCC(O)C2)CC1. The number of nitrogens with zero attached hydrogens (tertiary/aromatic N) is 3. The van der Waals surface area contributed by atoms with Crippen molar-refractivity contribution in [3.8, 4) is 0 Å². The Balaban J connectivity index is 1.20. The van der Waals surface area contributed by atoms with Gasteiger partial charge in [0.2, 0.25) is 5.91 Å². The number of furan rings is 1. The molecule has 0 aliphatic carbocycles. The van der Waals surface area contributed by atoms with Crippen molar-refractivity contribution < 1.29 is 14.3 Å². The summed E-state index contributed by atoms with van der Waals surface area (Å²) in [6.07, 6.45) is 7.61. The van der Waals surface area contributed by atoms with Crippen molar-refractivity contribution in [1.82, 2.24) is 14.7 Å². The van der Waals surface area contributed by atoms with Gasteiger partial charge in [-0.2, -0.15) is 0 Å². The third-order valence-corrected chi connectivity index (χ3v) is 6.62. The van der Waals surface area contributed by atoms with Crippen LogP contribution in [0, 0.1) is 5.92 Å². The summed E-state index contributed by atoms with van der Waals surface area (Å²) in [4.78, 5) is 19.9. The van der Waals surface area contributed by atoms with Crippen LogP contribution in [-0.4, -0.2) is 77.1 Å². The van der Waals surface area contributed by atoms with Gasteiger partial charge in [0.05, 0.1) is 18.9 Å². The fourth-order valence-electron chi connectivity index (χ4n) is 4.99. The van der Waals surface area contributed by atoms with Gasteiger partial charge in [0, 0.05) is 31.6 Å². The first-order chi connectivity index (χ1) is 13.2. The lowest BCUT2D eigenvalue weighted by Gasteiger charge is -2.42. The van der Waals surface area contributed by atoms with E-state index in [1.165, 1.54) is 0 Å². The van der Waals surface area contributed by atoms with Crippen LogP contribution in [0.25, 0.3) is 0 Å². The van der Waals surface area contributed by atoms with E-state index in [1.807, 2.05) is 12.1 Å². The maximum absolute atomic E-state index is 12.9. The monoisotopic (exact) mass is 375 g/mol. The molecular weight excluding hydrogens is 342 g/mol. The summed E-state index contributed by atoms with van der Waals surface area (Å²) in [6, 6.07) is 4.49. The fourth-order valence-corrected chi connectivity index (χ4v) is 4.99. The van der Waals surface area contributed by atoms with Crippen LogP contribution >= 0.6 is 0 Å². The summed E-state index contributed by atoms with van der Waals surface area (Å²) in [5, 5.41) is 9.91. The molecule has 1 amide bonds. The second kappa shape index (κ2) is 8.76. The molecule has 1 unspecified atom stereocenters. The third kappa shape index (κ3) is 4.73. The maximum atomic E-state index is 12.9. The predicted octanol–water partition coefficient (Wildman–Crippen LogP) is 1.94. The minimum atomic E-state index is -0.162. The normalized spacial score (nSPS) is 27.1. The molecule has 1 aromatic heterocycles. The standard InChI is InChI=1S/C21H33N3O3/c25-19-3-1-9-24(15-19)18-7-12-23(13-8-18)21(26)17-5-10-22(11-6-17)16-20-4-2-14-27-20/h2,4,14,17-19,25H,1,3,5-13,15-16H2. The molecule has 1 N–H and O–H groups in total. The molecule has 3 aliphatic heterocycles. The van der Waals surface area contributed by atoms with Crippen LogP contribution in [0.5, 0.6) is 0 Å². The Bertz CT molecular complexity index is 590. The van der Waals surface area contributed by atoms with Crippen LogP contribution in [0.4, 0.5) is 0 Å². The molecule has 0 spiro atoms. The lowest BCUT2D eigenvalue weighted by atomic mass is 9.93. The summed E-state index contributed by atoms with van der Waals surface area (Å²) in [5.74, 6) is 1.56. The van der Waals surface area contributed by atoms with Gasteiger partial charge in [-0.05, 0) is 70.3 Å². The van der Waals surface area contributed by atoms with E-state index in [-0.39, 0.29) is 12.0 Å². The summed E-state index contributed by atoms with van der Waals surface area (Å²) >= 11 is 0. The first kappa shape index (κ1) is 19.0. The van der Waals surface area contributed by atoms with Crippen LogP contribution in [0.2, 0.25) is 0 Å². The molecular formula is C21H33N3O3. The zero-order chi connectivity index (χ0) is 18.6. The number of amides is 1. The Morgan fingerprint density at radius 2 is 1.85 bits per heavy atom. The first-order valence-corrected chi connectivity index (χ1v) is 10.6. The summed E-state index contributed by atoms with van der Waals surface area (Å²) in [7, 11) is 0. The van der Waals surface area contributed by atoms with Crippen LogP contribution in [0.15, 0.2) is 22.8 Å². The third-order valence-electron chi connectivity index (χ3n) is 6.62. The van der Waals surface area contributed by atoms with Crippen molar-refractivity contribution in [2.75, 3.05) is 39.3 Å². The van der Waals surface area contributed by atoms with Crippen molar-refractivity contribution in [2.24, 2.45) is 5.92 Å². The number of piperidine rings is 3. The Hall–Kier alpha value is -1.37. The predicted molar refractivity (Wildman–Crippen MR) is 103 cm³/mol. The lowest BCUT2D eigenvalue weighted by molar-refractivity contribution is -0.139. The Labute approximate surface area is 162 Å². The Kier molecular flexibility index (Phi) is 6.15. The second-order valence-electron chi connectivity index (χ2n) is 8.48. The van der Waals surface area contributed by atoms with E-state index in [4.69, 9.17) is 4.42 Å². The molecule has 1 atom stereocenters. The number of carbonyl (C=O) groups is 1. The number of hydrogen-bond acceptors (Lipinski definition) is 5. The maximum Gasteiger partial charge on any atom is 0.225 e. The van der Waals surface area contributed by atoms with Crippen molar-refractivity contribution in [3.63, 3.8) is 0 Å². The van der Waals surface area contributed by atoms with Crippen molar-refractivity contribution in [1.29, 1.82) is 0 Å². The van der Waals surface area contributed by atoms with Gasteiger partial charge in [-0.1, -0.05) is 0 Å². The zero-order valence-corrected chi connectivity index (χ0v) is 16.3. The molecule has 3 saturated heterocycles. The molecule has 0 radical (unpaired) electrons. The number of β-amino-alcohol motifs (C(OH)–C–C–N with tert-alkyl or cyclic N) is 1.